The van der Waals surface area contributed by atoms with Crippen LogP contribution in [0.2, 0.25) is 0 Å². The molecule has 0 aliphatic heterocycles. The summed E-state index contributed by atoms with van der Waals surface area (Å²) in [7, 11) is 0. The third kappa shape index (κ3) is 1.47. The van der Waals surface area contributed by atoms with Gasteiger partial charge in [-0.25, -0.2) is 9.42 Å². The molecular weight excluding hydrogens is 184 g/mol. The second-order valence-electron chi connectivity index (χ2n) is 2.65. The van der Waals surface area contributed by atoms with E-state index in [1.165, 1.54) is 6.08 Å². The Hall–Kier alpha value is -2.17. The summed E-state index contributed by atoms with van der Waals surface area (Å²) in [5, 5.41) is 15.8. The average Bonchev–Trinajstić information content (AvgIpc) is 2.62. The first-order chi connectivity index (χ1) is 6.77. The van der Waals surface area contributed by atoms with Crippen LogP contribution in [0.25, 0.3) is 17.1 Å². The molecule has 70 valence electrons. The van der Waals surface area contributed by atoms with E-state index in [1.54, 1.807) is 18.2 Å². The van der Waals surface area contributed by atoms with Crippen LogP contribution in [0.4, 0.5) is 0 Å². The Kier molecular flexibility index (Phi) is 1.98. The number of hydrogen-bond donors (Lipinski definition) is 1. The predicted octanol–water partition coefficient (Wildman–Crippen LogP) is 1.32. The summed E-state index contributed by atoms with van der Waals surface area (Å²) in [5.41, 5.74) is 1.84. The van der Waals surface area contributed by atoms with Gasteiger partial charge in [0, 0.05) is 11.6 Å². The molecular formula is C9H6N2O3. The average molecular weight is 190 g/mol. The Morgan fingerprint density at radius 1 is 1.43 bits per heavy atom. The Bertz CT molecular complexity index is 501. The van der Waals surface area contributed by atoms with Gasteiger partial charge in [0.15, 0.2) is 0 Å². The molecule has 0 saturated heterocycles. The molecule has 0 fully saturated rings. The lowest BCUT2D eigenvalue weighted by atomic mass is 10.2. The minimum Gasteiger partial charge on any atom is -0.478 e. The standard InChI is InChI=1S/C9H6N2O3/c12-8(13)5-4-6-2-1-3-7-9(6)11-14-10-7/h1-5H,(H,12,13). The number of aliphatic carboxylic acids is 1. The van der Waals surface area contributed by atoms with Crippen LogP contribution in [0.15, 0.2) is 28.9 Å². The van der Waals surface area contributed by atoms with E-state index < -0.39 is 5.97 Å². The van der Waals surface area contributed by atoms with Gasteiger partial charge in [0.25, 0.3) is 0 Å². The number of aromatic nitrogens is 2. The van der Waals surface area contributed by atoms with Crippen LogP contribution in [0.3, 0.4) is 0 Å². The van der Waals surface area contributed by atoms with Crippen LogP contribution >= 0.6 is 0 Å². The van der Waals surface area contributed by atoms with E-state index in [4.69, 9.17) is 5.11 Å². The van der Waals surface area contributed by atoms with Crippen LogP contribution in [0.1, 0.15) is 5.56 Å². The Balaban J connectivity index is 2.51. The maximum atomic E-state index is 10.3. The second-order valence-corrected chi connectivity index (χ2v) is 2.65. The quantitative estimate of drug-likeness (QED) is 0.722. The third-order valence-electron chi connectivity index (χ3n) is 1.72. The topological polar surface area (TPSA) is 76.2 Å². The Morgan fingerprint density at radius 2 is 2.29 bits per heavy atom. The molecule has 0 aliphatic rings. The summed E-state index contributed by atoms with van der Waals surface area (Å²) in [6.07, 6.45) is 2.50. The van der Waals surface area contributed by atoms with Crippen molar-refractivity contribution < 1.29 is 14.5 Å². The van der Waals surface area contributed by atoms with Gasteiger partial charge in [0.2, 0.25) is 0 Å². The molecule has 1 heterocycles. The highest BCUT2D eigenvalue weighted by atomic mass is 16.6. The van der Waals surface area contributed by atoms with Gasteiger partial charge < -0.3 is 5.11 Å². The molecule has 0 saturated carbocycles. The van der Waals surface area contributed by atoms with Gasteiger partial charge in [0.1, 0.15) is 11.0 Å². The molecule has 5 heteroatoms. The van der Waals surface area contributed by atoms with E-state index >= 15 is 0 Å². The number of carboxylic acid groups (broad SMARTS) is 1. The largest absolute Gasteiger partial charge is 0.478 e. The molecule has 0 unspecified atom stereocenters. The number of benzene rings is 1. The molecule has 1 N–H and O–H groups in total. The number of rotatable bonds is 2. The van der Waals surface area contributed by atoms with Crippen molar-refractivity contribution in [2.45, 2.75) is 0 Å². The van der Waals surface area contributed by atoms with Gasteiger partial charge in [0.05, 0.1) is 0 Å². The van der Waals surface area contributed by atoms with Gasteiger partial charge in [-0.15, -0.1) is 0 Å². The summed E-state index contributed by atoms with van der Waals surface area (Å²) in [6, 6.07) is 5.24. The first-order valence-electron chi connectivity index (χ1n) is 3.89. The van der Waals surface area contributed by atoms with Gasteiger partial charge in [-0.3, -0.25) is 0 Å². The minimum atomic E-state index is -1.00. The summed E-state index contributed by atoms with van der Waals surface area (Å²) >= 11 is 0. The fourth-order valence-corrected chi connectivity index (χ4v) is 1.12. The fourth-order valence-electron chi connectivity index (χ4n) is 1.12. The van der Waals surface area contributed by atoms with Gasteiger partial charge in [-0.1, -0.05) is 12.1 Å². The van der Waals surface area contributed by atoms with Crippen LogP contribution in [-0.4, -0.2) is 21.4 Å². The smallest absolute Gasteiger partial charge is 0.328 e. The van der Waals surface area contributed by atoms with Crippen LogP contribution in [0, 0.1) is 0 Å². The third-order valence-corrected chi connectivity index (χ3v) is 1.72. The van der Waals surface area contributed by atoms with Crippen LogP contribution in [-0.2, 0) is 4.79 Å². The van der Waals surface area contributed by atoms with Crippen LogP contribution < -0.4 is 0 Å². The molecule has 1 aromatic carbocycles. The van der Waals surface area contributed by atoms with Gasteiger partial charge >= 0.3 is 5.97 Å². The molecule has 1 aromatic heterocycles. The van der Waals surface area contributed by atoms with E-state index in [0.717, 1.165) is 6.08 Å². The highest BCUT2D eigenvalue weighted by Gasteiger charge is 2.03. The first-order valence-corrected chi connectivity index (χ1v) is 3.89. The van der Waals surface area contributed by atoms with Crippen molar-refractivity contribution in [3.05, 3.63) is 29.8 Å². The van der Waals surface area contributed by atoms with E-state index in [9.17, 15) is 4.79 Å². The van der Waals surface area contributed by atoms with Crippen molar-refractivity contribution in [2.24, 2.45) is 0 Å². The van der Waals surface area contributed by atoms with Crippen LogP contribution in [0.5, 0.6) is 0 Å². The summed E-state index contributed by atoms with van der Waals surface area (Å²) < 4.78 is 4.53. The number of carbonyl (C=O) groups is 1. The number of nitrogens with zero attached hydrogens (tertiary/aromatic N) is 2. The number of fused-ring (bicyclic) bond motifs is 1. The minimum absolute atomic E-state index is 0.560. The molecule has 0 aliphatic carbocycles. The lowest BCUT2D eigenvalue weighted by molar-refractivity contribution is -0.131. The maximum Gasteiger partial charge on any atom is 0.328 e. The van der Waals surface area contributed by atoms with E-state index in [2.05, 4.69) is 14.9 Å². The zero-order valence-electron chi connectivity index (χ0n) is 7.04. The monoisotopic (exact) mass is 190 g/mol. The molecule has 0 spiro atoms. The highest BCUT2D eigenvalue weighted by molar-refractivity contribution is 5.90. The van der Waals surface area contributed by atoms with Gasteiger partial charge in [-0.05, 0) is 22.5 Å². The van der Waals surface area contributed by atoms with Crippen molar-refractivity contribution in [3.63, 3.8) is 0 Å². The lowest BCUT2D eigenvalue weighted by Crippen LogP contribution is -1.86. The first kappa shape index (κ1) is 8.43. The van der Waals surface area contributed by atoms with Crippen molar-refractivity contribution >= 4 is 23.1 Å². The van der Waals surface area contributed by atoms with E-state index in [-0.39, 0.29) is 0 Å². The zero-order valence-corrected chi connectivity index (χ0v) is 7.04. The number of hydrogen-bond acceptors (Lipinski definition) is 4. The van der Waals surface area contributed by atoms with Crippen molar-refractivity contribution in [3.8, 4) is 0 Å². The van der Waals surface area contributed by atoms with Crippen molar-refractivity contribution in [1.82, 2.24) is 10.3 Å². The fraction of sp³-hybridized carbons (Fsp3) is 0. The number of carboxylic acids is 1. The molecule has 0 amide bonds. The molecule has 0 atom stereocenters. The molecule has 2 aromatic rings. The summed E-state index contributed by atoms with van der Waals surface area (Å²) in [6.45, 7) is 0. The molecule has 2 rings (SSSR count). The predicted molar refractivity (Wildman–Crippen MR) is 48.5 cm³/mol. The SMILES string of the molecule is O=C(O)C=Cc1cccc2nonc12. The zero-order chi connectivity index (χ0) is 9.97. The van der Waals surface area contributed by atoms with Gasteiger partial charge in [-0.2, -0.15) is 0 Å². The second kappa shape index (κ2) is 3.29. The van der Waals surface area contributed by atoms with E-state index in [0.29, 0.717) is 16.6 Å². The summed E-state index contributed by atoms with van der Waals surface area (Å²) in [4.78, 5) is 10.3. The molecule has 0 radical (unpaired) electrons. The Labute approximate surface area is 78.6 Å². The lowest BCUT2D eigenvalue weighted by Gasteiger charge is -1.90. The van der Waals surface area contributed by atoms with Crippen molar-refractivity contribution in [1.29, 1.82) is 0 Å². The Morgan fingerprint density at radius 3 is 3.07 bits per heavy atom. The van der Waals surface area contributed by atoms with Crippen molar-refractivity contribution in [2.75, 3.05) is 0 Å². The van der Waals surface area contributed by atoms with E-state index in [1.807, 2.05) is 0 Å². The molecule has 14 heavy (non-hydrogen) atoms. The molecule has 5 nitrogen and oxygen atoms in total. The maximum absolute atomic E-state index is 10.3. The normalized spacial score (nSPS) is 11.1. The molecule has 0 bridgehead atoms. The summed E-state index contributed by atoms with van der Waals surface area (Å²) in [5.74, 6) is -1.00. The highest BCUT2D eigenvalue weighted by Crippen LogP contribution is 2.15.